The van der Waals surface area contributed by atoms with Crippen molar-refractivity contribution in [2.75, 3.05) is 0 Å². The molecule has 0 fully saturated rings. The van der Waals surface area contributed by atoms with Crippen LogP contribution >= 0.6 is 11.6 Å². The van der Waals surface area contributed by atoms with Gasteiger partial charge >= 0.3 is 0 Å². The highest BCUT2D eigenvalue weighted by Crippen LogP contribution is 2.20. The van der Waals surface area contributed by atoms with Crippen molar-refractivity contribution in [2.45, 2.75) is 19.2 Å². The second-order valence-electron chi connectivity index (χ2n) is 3.59. The number of rotatable bonds is 4. The lowest BCUT2D eigenvalue weighted by Gasteiger charge is -2.06. The summed E-state index contributed by atoms with van der Waals surface area (Å²) in [5, 5.41) is 0. The first-order valence-electron chi connectivity index (χ1n) is 5.45. The maximum atomic E-state index is 5.69. The van der Waals surface area contributed by atoms with Crippen molar-refractivity contribution in [3.8, 4) is 11.6 Å². The number of aryl methyl sites for hydroxylation is 1. The van der Waals surface area contributed by atoms with Gasteiger partial charge in [-0.1, -0.05) is 19.1 Å². The number of ether oxygens (including phenoxy) is 1. The van der Waals surface area contributed by atoms with E-state index in [1.54, 1.807) is 12.4 Å². The summed E-state index contributed by atoms with van der Waals surface area (Å²) in [7, 11) is 0. The Bertz CT molecular complexity index is 457. The Labute approximate surface area is 105 Å². The van der Waals surface area contributed by atoms with Gasteiger partial charge in [0.05, 0.1) is 17.8 Å². The molecule has 0 saturated heterocycles. The topological polar surface area (TPSA) is 35.0 Å². The van der Waals surface area contributed by atoms with Crippen LogP contribution in [0.3, 0.4) is 0 Å². The number of halogens is 1. The Morgan fingerprint density at radius 2 is 2.18 bits per heavy atom. The van der Waals surface area contributed by atoms with E-state index in [0.717, 1.165) is 12.2 Å². The molecule has 17 heavy (non-hydrogen) atoms. The van der Waals surface area contributed by atoms with Crippen molar-refractivity contribution in [1.82, 2.24) is 9.97 Å². The molecule has 0 unspecified atom stereocenters. The van der Waals surface area contributed by atoms with Gasteiger partial charge in [-0.3, -0.25) is 4.98 Å². The van der Waals surface area contributed by atoms with Crippen LogP contribution in [0, 0.1) is 0 Å². The smallest absolute Gasteiger partial charge is 0.238 e. The maximum absolute atomic E-state index is 5.69. The van der Waals surface area contributed by atoms with Crippen LogP contribution in [0.15, 0.2) is 36.7 Å². The number of hydrogen-bond donors (Lipinski definition) is 0. The van der Waals surface area contributed by atoms with Gasteiger partial charge in [-0.25, -0.2) is 4.98 Å². The standard InChI is InChI=1S/C13H13ClN2O/c1-2-10-4-3-5-12(6-10)17-13-9-15-8-11(7-14)16-13/h3-6,8-9H,2,7H2,1H3. The SMILES string of the molecule is CCc1cccc(Oc2cncc(CCl)n2)c1. The van der Waals surface area contributed by atoms with Crippen molar-refractivity contribution in [3.63, 3.8) is 0 Å². The largest absolute Gasteiger partial charge is 0.437 e. The van der Waals surface area contributed by atoms with Crippen LogP contribution in [0.25, 0.3) is 0 Å². The van der Waals surface area contributed by atoms with Crippen LogP contribution in [0.2, 0.25) is 0 Å². The lowest BCUT2D eigenvalue weighted by molar-refractivity contribution is 0.458. The number of hydrogen-bond acceptors (Lipinski definition) is 3. The van der Waals surface area contributed by atoms with E-state index in [2.05, 4.69) is 23.0 Å². The Kier molecular flexibility index (Phi) is 3.94. The summed E-state index contributed by atoms with van der Waals surface area (Å²) in [6.07, 6.45) is 4.18. The third-order valence-corrected chi connectivity index (χ3v) is 2.60. The first-order valence-corrected chi connectivity index (χ1v) is 5.99. The molecule has 0 radical (unpaired) electrons. The molecular weight excluding hydrogens is 236 g/mol. The monoisotopic (exact) mass is 248 g/mol. The molecule has 1 aromatic carbocycles. The number of alkyl halides is 1. The lowest BCUT2D eigenvalue weighted by Crippen LogP contribution is -1.93. The van der Waals surface area contributed by atoms with E-state index in [1.807, 2.05) is 18.2 Å². The van der Waals surface area contributed by atoms with Gasteiger partial charge in [0.1, 0.15) is 5.75 Å². The molecule has 0 amide bonds. The summed E-state index contributed by atoms with van der Waals surface area (Å²) in [6, 6.07) is 7.92. The molecular formula is C13H13ClN2O. The van der Waals surface area contributed by atoms with Crippen LogP contribution in [0.1, 0.15) is 18.2 Å². The van der Waals surface area contributed by atoms with Gasteiger partial charge in [0.2, 0.25) is 5.88 Å². The third kappa shape index (κ3) is 3.17. The average Bonchev–Trinajstić information content (AvgIpc) is 2.39. The highest BCUT2D eigenvalue weighted by molar-refractivity contribution is 6.16. The van der Waals surface area contributed by atoms with E-state index < -0.39 is 0 Å². The summed E-state index contributed by atoms with van der Waals surface area (Å²) in [5.74, 6) is 1.57. The van der Waals surface area contributed by atoms with Crippen LogP contribution in [-0.4, -0.2) is 9.97 Å². The first-order chi connectivity index (χ1) is 8.31. The summed E-state index contributed by atoms with van der Waals surface area (Å²) in [4.78, 5) is 8.25. The normalized spacial score (nSPS) is 10.2. The van der Waals surface area contributed by atoms with Gasteiger partial charge in [-0.2, -0.15) is 0 Å². The Morgan fingerprint density at radius 3 is 2.94 bits per heavy atom. The number of aromatic nitrogens is 2. The molecule has 0 N–H and O–H groups in total. The predicted octanol–water partition coefficient (Wildman–Crippen LogP) is 3.57. The molecule has 0 atom stereocenters. The molecule has 1 aromatic heterocycles. The molecule has 0 aliphatic carbocycles. The minimum absolute atomic E-state index is 0.333. The van der Waals surface area contributed by atoms with Gasteiger partial charge in [0, 0.05) is 6.20 Å². The maximum Gasteiger partial charge on any atom is 0.238 e. The van der Waals surface area contributed by atoms with Crippen molar-refractivity contribution in [2.24, 2.45) is 0 Å². The molecule has 2 rings (SSSR count). The summed E-state index contributed by atoms with van der Waals surface area (Å²) >= 11 is 5.69. The molecule has 2 aromatic rings. The van der Waals surface area contributed by atoms with E-state index in [9.17, 15) is 0 Å². The molecule has 0 saturated carbocycles. The van der Waals surface area contributed by atoms with E-state index in [4.69, 9.17) is 16.3 Å². The molecule has 0 aliphatic rings. The molecule has 88 valence electrons. The third-order valence-electron chi connectivity index (χ3n) is 2.33. The van der Waals surface area contributed by atoms with Gasteiger partial charge < -0.3 is 4.74 Å². The van der Waals surface area contributed by atoms with Gasteiger partial charge in [0.15, 0.2) is 0 Å². The zero-order valence-corrected chi connectivity index (χ0v) is 10.3. The van der Waals surface area contributed by atoms with E-state index in [0.29, 0.717) is 17.5 Å². The predicted molar refractivity (Wildman–Crippen MR) is 67.5 cm³/mol. The average molecular weight is 249 g/mol. The van der Waals surface area contributed by atoms with Crippen LogP contribution < -0.4 is 4.74 Å². The molecule has 4 heteroatoms. The Hall–Kier alpha value is -1.61. The minimum Gasteiger partial charge on any atom is -0.437 e. The number of benzene rings is 1. The van der Waals surface area contributed by atoms with Crippen molar-refractivity contribution >= 4 is 11.6 Å². The lowest BCUT2D eigenvalue weighted by atomic mass is 10.2. The second-order valence-corrected chi connectivity index (χ2v) is 3.85. The fourth-order valence-electron chi connectivity index (χ4n) is 1.45. The van der Waals surface area contributed by atoms with Crippen LogP contribution in [-0.2, 0) is 12.3 Å². The molecule has 3 nitrogen and oxygen atoms in total. The zero-order valence-electron chi connectivity index (χ0n) is 9.56. The fraction of sp³-hybridized carbons (Fsp3) is 0.231. The van der Waals surface area contributed by atoms with E-state index >= 15 is 0 Å². The Morgan fingerprint density at radius 1 is 1.29 bits per heavy atom. The first kappa shape index (κ1) is 11.9. The van der Waals surface area contributed by atoms with Crippen molar-refractivity contribution < 1.29 is 4.74 Å². The summed E-state index contributed by atoms with van der Waals surface area (Å²) in [5.41, 5.74) is 1.93. The van der Waals surface area contributed by atoms with E-state index in [1.165, 1.54) is 5.56 Å². The number of nitrogens with zero attached hydrogens (tertiary/aromatic N) is 2. The van der Waals surface area contributed by atoms with Gasteiger partial charge in [-0.05, 0) is 24.1 Å². The van der Waals surface area contributed by atoms with Gasteiger partial charge in [-0.15, -0.1) is 11.6 Å². The quantitative estimate of drug-likeness (QED) is 0.776. The van der Waals surface area contributed by atoms with Crippen LogP contribution in [0.4, 0.5) is 0 Å². The van der Waals surface area contributed by atoms with E-state index in [-0.39, 0.29) is 0 Å². The summed E-state index contributed by atoms with van der Waals surface area (Å²) in [6.45, 7) is 2.10. The zero-order chi connectivity index (χ0) is 12.1. The Balaban J connectivity index is 2.18. The van der Waals surface area contributed by atoms with Crippen molar-refractivity contribution in [3.05, 3.63) is 47.9 Å². The van der Waals surface area contributed by atoms with Gasteiger partial charge in [0.25, 0.3) is 0 Å². The molecule has 0 bridgehead atoms. The second kappa shape index (κ2) is 5.64. The minimum atomic E-state index is 0.333. The molecule has 1 heterocycles. The van der Waals surface area contributed by atoms with Crippen LogP contribution in [0.5, 0.6) is 11.6 Å². The fourth-order valence-corrected chi connectivity index (χ4v) is 1.58. The summed E-state index contributed by atoms with van der Waals surface area (Å²) < 4.78 is 5.63. The highest BCUT2D eigenvalue weighted by Gasteiger charge is 2.01. The highest BCUT2D eigenvalue weighted by atomic mass is 35.5. The van der Waals surface area contributed by atoms with Crippen molar-refractivity contribution in [1.29, 1.82) is 0 Å². The molecule has 0 spiro atoms. The molecule has 0 aliphatic heterocycles.